The molecule has 0 aliphatic carbocycles. The Bertz CT molecular complexity index is 194. The largest absolute Gasteiger partial charge is 0.197 e. The van der Waals surface area contributed by atoms with E-state index >= 15 is 0 Å². The molecule has 0 bridgehead atoms. The number of nitriles is 1. The Balaban J connectivity index is 4.53. The topological polar surface area (TPSA) is 23.8 Å². The maximum atomic E-state index is 8.93. The van der Waals surface area contributed by atoms with E-state index in [9.17, 15) is 0 Å². The Morgan fingerprint density at radius 1 is 1.42 bits per heavy atom. The molecule has 0 unspecified atom stereocenters. The van der Waals surface area contributed by atoms with Gasteiger partial charge in [-0.05, 0) is 26.7 Å². The van der Waals surface area contributed by atoms with Gasteiger partial charge in [-0.3, -0.25) is 0 Å². The standard InChI is InChI=1S/C11H19N/c1-5-7-10(8-6-2)11(3,4)9-12/h7H,5-6,8H2,1-4H3. The van der Waals surface area contributed by atoms with Gasteiger partial charge < -0.3 is 0 Å². The smallest absolute Gasteiger partial charge is 0.0728 e. The van der Waals surface area contributed by atoms with E-state index in [1.807, 2.05) is 13.8 Å². The summed E-state index contributed by atoms with van der Waals surface area (Å²) in [5, 5.41) is 8.93. The van der Waals surface area contributed by atoms with Crippen LogP contribution in [0.2, 0.25) is 0 Å². The molecule has 12 heavy (non-hydrogen) atoms. The molecule has 0 saturated heterocycles. The summed E-state index contributed by atoms with van der Waals surface area (Å²) in [4.78, 5) is 0. The van der Waals surface area contributed by atoms with Crippen molar-refractivity contribution in [2.75, 3.05) is 0 Å². The second-order valence-corrected chi connectivity index (χ2v) is 3.62. The van der Waals surface area contributed by atoms with Crippen molar-refractivity contribution in [1.29, 1.82) is 5.26 Å². The lowest BCUT2D eigenvalue weighted by Crippen LogP contribution is -2.11. The zero-order chi connectivity index (χ0) is 9.61. The predicted octanol–water partition coefficient (Wildman–Crippen LogP) is 3.67. The lowest BCUT2D eigenvalue weighted by Gasteiger charge is -2.19. The molecule has 0 N–H and O–H groups in total. The van der Waals surface area contributed by atoms with Crippen LogP contribution in [0.15, 0.2) is 11.6 Å². The minimum atomic E-state index is -0.272. The third-order valence-electron chi connectivity index (χ3n) is 2.05. The van der Waals surface area contributed by atoms with Gasteiger partial charge in [0.05, 0.1) is 11.5 Å². The fraction of sp³-hybridized carbons (Fsp3) is 0.727. The Morgan fingerprint density at radius 3 is 2.33 bits per heavy atom. The molecule has 0 aliphatic heterocycles. The quantitative estimate of drug-likeness (QED) is 0.583. The average Bonchev–Trinajstić information content (AvgIpc) is 2.04. The fourth-order valence-electron chi connectivity index (χ4n) is 1.26. The predicted molar refractivity (Wildman–Crippen MR) is 52.7 cm³/mol. The van der Waals surface area contributed by atoms with Gasteiger partial charge >= 0.3 is 0 Å². The summed E-state index contributed by atoms with van der Waals surface area (Å²) < 4.78 is 0. The van der Waals surface area contributed by atoms with Crippen LogP contribution in [0.3, 0.4) is 0 Å². The number of nitrogens with zero attached hydrogens (tertiary/aromatic N) is 1. The summed E-state index contributed by atoms with van der Waals surface area (Å²) in [6, 6.07) is 2.34. The molecule has 68 valence electrons. The first-order valence-corrected chi connectivity index (χ1v) is 4.69. The van der Waals surface area contributed by atoms with Gasteiger partial charge in [0.2, 0.25) is 0 Å². The third-order valence-corrected chi connectivity index (χ3v) is 2.05. The summed E-state index contributed by atoms with van der Waals surface area (Å²) in [6.45, 7) is 8.24. The summed E-state index contributed by atoms with van der Waals surface area (Å²) >= 11 is 0. The van der Waals surface area contributed by atoms with Gasteiger partial charge in [-0.15, -0.1) is 0 Å². The monoisotopic (exact) mass is 165 g/mol. The number of hydrogen-bond donors (Lipinski definition) is 0. The molecule has 0 spiro atoms. The average molecular weight is 165 g/mol. The Morgan fingerprint density at radius 2 is 2.00 bits per heavy atom. The second-order valence-electron chi connectivity index (χ2n) is 3.62. The van der Waals surface area contributed by atoms with Crippen LogP contribution in [0.4, 0.5) is 0 Å². The molecule has 0 atom stereocenters. The van der Waals surface area contributed by atoms with E-state index in [2.05, 4.69) is 26.0 Å². The molecule has 0 saturated carbocycles. The summed E-state index contributed by atoms with van der Waals surface area (Å²) in [7, 11) is 0. The second kappa shape index (κ2) is 4.98. The summed E-state index contributed by atoms with van der Waals surface area (Å²) in [6.07, 6.45) is 5.39. The molecule has 0 aliphatic rings. The van der Waals surface area contributed by atoms with Crippen molar-refractivity contribution in [3.63, 3.8) is 0 Å². The van der Waals surface area contributed by atoms with Crippen LogP contribution in [0, 0.1) is 16.7 Å². The summed E-state index contributed by atoms with van der Waals surface area (Å²) in [5.41, 5.74) is 1.02. The van der Waals surface area contributed by atoms with Crippen LogP contribution in [-0.2, 0) is 0 Å². The minimum absolute atomic E-state index is 0.272. The van der Waals surface area contributed by atoms with Crippen molar-refractivity contribution in [3.05, 3.63) is 11.6 Å². The lowest BCUT2D eigenvalue weighted by atomic mass is 9.83. The molecule has 0 aromatic carbocycles. The highest BCUT2D eigenvalue weighted by Gasteiger charge is 2.20. The maximum Gasteiger partial charge on any atom is 0.0728 e. The molecule has 1 heteroatoms. The summed E-state index contributed by atoms with van der Waals surface area (Å²) in [5.74, 6) is 0. The SMILES string of the molecule is CCC=C(CCC)C(C)(C)C#N. The molecule has 0 rings (SSSR count). The first kappa shape index (κ1) is 11.2. The van der Waals surface area contributed by atoms with E-state index in [1.54, 1.807) is 0 Å². The molecule has 0 radical (unpaired) electrons. The van der Waals surface area contributed by atoms with Gasteiger partial charge in [0.1, 0.15) is 0 Å². The Kier molecular flexibility index (Phi) is 4.66. The highest BCUT2D eigenvalue weighted by molar-refractivity contribution is 5.20. The van der Waals surface area contributed by atoms with E-state index in [0.29, 0.717) is 0 Å². The van der Waals surface area contributed by atoms with Crippen LogP contribution >= 0.6 is 0 Å². The van der Waals surface area contributed by atoms with Gasteiger partial charge in [0.15, 0.2) is 0 Å². The van der Waals surface area contributed by atoms with Gasteiger partial charge in [-0.1, -0.05) is 31.9 Å². The molecule has 0 heterocycles. The van der Waals surface area contributed by atoms with Crippen molar-refractivity contribution in [2.45, 2.75) is 47.0 Å². The fourth-order valence-corrected chi connectivity index (χ4v) is 1.26. The first-order chi connectivity index (χ1) is 5.58. The van der Waals surface area contributed by atoms with E-state index in [4.69, 9.17) is 5.26 Å². The zero-order valence-corrected chi connectivity index (χ0v) is 8.65. The number of allylic oxidation sites excluding steroid dienone is 2. The van der Waals surface area contributed by atoms with E-state index in [1.165, 1.54) is 5.57 Å². The van der Waals surface area contributed by atoms with Crippen molar-refractivity contribution in [2.24, 2.45) is 5.41 Å². The van der Waals surface area contributed by atoms with Gasteiger partial charge in [-0.25, -0.2) is 0 Å². The van der Waals surface area contributed by atoms with Crippen LogP contribution in [-0.4, -0.2) is 0 Å². The van der Waals surface area contributed by atoms with Gasteiger partial charge in [-0.2, -0.15) is 5.26 Å². The Hall–Kier alpha value is -0.770. The van der Waals surface area contributed by atoms with Crippen LogP contribution in [0.25, 0.3) is 0 Å². The molecule has 0 fully saturated rings. The molecular formula is C11H19N. The van der Waals surface area contributed by atoms with Crippen molar-refractivity contribution < 1.29 is 0 Å². The molecule has 0 amide bonds. The van der Waals surface area contributed by atoms with Crippen LogP contribution in [0.5, 0.6) is 0 Å². The molecular weight excluding hydrogens is 146 g/mol. The molecule has 0 aromatic heterocycles. The Labute approximate surface area is 76.1 Å². The molecule has 1 nitrogen and oxygen atoms in total. The highest BCUT2D eigenvalue weighted by Crippen LogP contribution is 2.28. The minimum Gasteiger partial charge on any atom is -0.197 e. The van der Waals surface area contributed by atoms with Crippen LogP contribution < -0.4 is 0 Å². The van der Waals surface area contributed by atoms with Crippen molar-refractivity contribution in [1.82, 2.24) is 0 Å². The van der Waals surface area contributed by atoms with E-state index in [-0.39, 0.29) is 5.41 Å². The van der Waals surface area contributed by atoms with Gasteiger partial charge in [0.25, 0.3) is 0 Å². The van der Waals surface area contributed by atoms with Crippen molar-refractivity contribution >= 4 is 0 Å². The molecule has 0 aromatic rings. The van der Waals surface area contributed by atoms with E-state index in [0.717, 1.165) is 19.3 Å². The number of rotatable bonds is 4. The highest BCUT2D eigenvalue weighted by atomic mass is 14.3. The van der Waals surface area contributed by atoms with E-state index < -0.39 is 0 Å². The van der Waals surface area contributed by atoms with Crippen LogP contribution in [0.1, 0.15) is 47.0 Å². The van der Waals surface area contributed by atoms with Gasteiger partial charge in [0, 0.05) is 0 Å². The number of hydrogen-bond acceptors (Lipinski definition) is 1. The van der Waals surface area contributed by atoms with Crippen molar-refractivity contribution in [3.8, 4) is 6.07 Å². The third kappa shape index (κ3) is 3.09. The zero-order valence-electron chi connectivity index (χ0n) is 8.65. The lowest BCUT2D eigenvalue weighted by molar-refractivity contribution is 0.559. The maximum absolute atomic E-state index is 8.93. The normalized spacial score (nSPS) is 12.8. The first-order valence-electron chi connectivity index (χ1n) is 4.69.